The van der Waals surface area contributed by atoms with Gasteiger partial charge in [0.25, 0.3) is 0 Å². The molecular formula is C35H60O. The molecule has 8 unspecified atom stereocenters. The minimum atomic E-state index is -0.336. The fourth-order valence-electron chi connectivity index (χ4n) is 10.1. The van der Waals surface area contributed by atoms with E-state index in [1.54, 1.807) is 0 Å². The standard InChI is InChI=1S/C35H60O/c1-8-9-10-14-33(36)26(5)27-19-21-34(6)28(23-27)15-16-29-31-18-17-30(25(4)13-11-12-24(2)3)35(31,7)22-20-32(29)34/h19,24-25,28-33,36H,5,8-18,20-23H2,1-4,6-7H3/t25?,28-,29?,30?,31?,32?,33?,34?,35?/m0/s1. The molecule has 36 heavy (non-hydrogen) atoms. The largest absolute Gasteiger partial charge is 0.388 e. The quantitative estimate of drug-likeness (QED) is 0.282. The van der Waals surface area contributed by atoms with Crippen LogP contribution in [0.25, 0.3) is 0 Å². The highest BCUT2D eigenvalue weighted by molar-refractivity contribution is 5.34. The Labute approximate surface area is 225 Å². The first-order chi connectivity index (χ1) is 17.1. The maximum atomic E-state index is 10.8. The summed E-state index contributed by atoms with van der Waals surface area (Å²) in [4.78, 5) is 0. The second-order valence-electron chi connectivity index (χ2n) is 14.9. The van der Waals surface area contributed by atoms with Gasteiger partial charge >= 0.3 is 0 Å². The molecule has 4 aliphatic rings. The smallest absolute Gasteiger partial charge is 0.0786 e. The molecule has 0 spiro atoms. The number of aliphatic hydroxyl groups excluding tert-OH is 1. The van der Waals surface area contributed by atoms with Crippen LogP contribution in [0, 0.1) is 52.3 Å². The second kappa shape index (κ2) is 11.7. The molecule has 0 saturated heterocycles. The lowest BCUT2D eigenvalue weighted by Gasteiger charge is -2.60. The SMILES string of the molecule is C=C(C1=CCC2(C)C3CCC4(C)C(C(C)CCCC(C)C)CCC4C3CC[C@H]2C1)C(O)CCCCC. The summed E-state index contributed by atoms with van der Waals surface area (Å²) in [6.07, 6.45) is 22.0. The van der Waals surface area contributed by atoms with Gasteiger partial charge in [-0.1, -0.05) is 92.7 Å². The molecule has 1 N–H and O–H groups in total. The highest BCUT2D eigenvalue weighted by Crippen LogP contribution is 2.68. The lowest BCUT2D eigenvalue weighted by Crippen LogP contribution is -2.53. The van der Waals surface area contributed by atoms with Crippen molar-refractivity contribution in [2.75, 3.05) is 0 Å². The Balaban J connectivity index is 1.41. The average Bonchev–Trinajstić information content (AvgIpc) is 3.20. The molecule has 0 amide bonds. The molecule has 0 radical (unpaired) electrons. The number of hydrogen-bond donors (Lipinski definition) is 1. The summed E-state index contributed by atoms with van der Waals surface area (Å²) in [5.74, 6) is 6.32. The van der Waals surface area contributed by atoms with Crippen molar-refractivity contribution in [1.82, 2.24) is 0 Å². The van der Waals surface area contributed by atoms with Gasteiger partial charge in [0.05, 0.1) is 6.10 Å². The zero-order valence-electron chi connectivity index (χ0n) is 25.0. The second-order valence-corrected chi connectivity index (χ2v) is 14.9. The Morgan fingerprint density at radius 1 is 0.944 bits per heavy atom. The Bertz CT molecular complexity index is 778. The van der Waals surface area contributed by atoms with Crippen LogP contribution in [0.2, 0.25) is 0 Å². The van der Waals surface area contributed by atoms with Crippen molar-refractivity contribution in [3.63, 3.8) is 0 Å². The van der Waals surface area contributed by atoms with E-state index < -0.39 is 0 Å². The minimum absolute atomic E-state index is 0.336. The van der Waals surface area contributed by atoms with Crippen molar-refractivity contribution >= 4 is 0 Å². The fraction of sp³-hybridized carbons (Fsp3) is 0.886. The highest BCUT2D eigenvalue weighted by atomic mass is 16.3. The Kier molecular flexibility index (Phi) is 9.22. The Morgan fingerprint density at radius 2 is 1.69 bits per heavy atom. The number of allylic oxidation sites excluding steroid dienone is 1. The topological polar surface area (TPSA) is 20.2 Å². The summed E-state index contributed by atoms with van der Waals surface area (Å²) >= 11 is 0. The predicted molar refractivity (Wildman–Crippen MR) is 156 cm³/mol. The van der Waals surface area contributed by atoms with E-state index in [9.17, 15) is 5.11 Å². The molecule has 3 fully saturated rings. The van der Waals surface area contributed by atoms with Gasteiger partial charge in [0.1, 0.15) is 0 Å². The summed E-state index contributed by atoms with van der Waals surface area (Å²) in [6, 6.07) is 0. The zero-order chi connectivity index (χ0) is 26.1. The van der Waals surface area contributed by atoms with Gasteiger partial charge < -0.3 is 5.11 Å². The Hall–Kier alpha value is -0.560. The van der Waals surface area contributed by atoms with E-state index in [0.717, 1.165) is 59.8 Å². The van der Waals surface area contributed by atoms with Crippen molar-refractivity contribution in [2.45, 2.75) is 144 Å². The van der Waals surface area contributed by atoms with Crippen molar-refractivity contribution in [1.29, 1.82) is 0 Å². The van der Waals surface area contributed by atoms with Crippen LogP contribution in [0.4, 0.5) is 0 Å². The predicted octanol–water partition coefficient (Wildman–Crippen LogP) is 10.1. The number of hydrogen-bond acceptors (Lipinski definition) is 1. The van der Waals surface area contributed by atoms with E-state index in [1.807, 2.05) is 0 Å². The van der Waals surface area contributed by atoms with Crippen LogP contribution in [0.1, 0.15) is 138 Å². The summed E-state index contributed by atoms with van der Waals surface area (Å²) in [5.41, 5.74) is 3.49. The monoisotopic (exact) mass is 496 g/mol. The van der Waals surface area contributed by atoms with E-state index in [2.05, 4.69) is 54.2 Å². The van der Waals surface area contributed by atoms with Crippen LogP contribution in [0.5, 0.6) is 0 Å². The molecule has 4 rings (SSSR count). The van der Waals surface area contributed by atoms with Crippen LogP contribution in [-0.2, 0) is 0 Å². The minimum Gasteiger partial charge on any atom is -0.388 e. The fourth-order valence-corrected chi connectivity index (χ4v) is 10.1. The highest BCUT2D eigenvalue weighted by Gasteiger charge is 2.60. The number of unbranched alkanes of at least 4 members (excludes halogenated alkanes) is 2. The molecular weight excluding hydrogens is 436 g/mol. The van der Waals surface area contributed by atoms with Crippen molar-refractivity contribution in [2.24, 2.45) is 52.3 Å². The third-order valence-electron chi connectivity index (χ3n) is 12.4. The van der Waals surface area contributed by atoms with Crippen molar-refractivity contribution < 1.29 is 5.11 Å². The first-order valence-corrected chi connectivity index (χ1v) is 16.2. The molecule has 0 aromatic carbocycles. The van der Waals surface area contributed by atoms with Gasteiger partial charge in [-0.3, -0.25) is 0 Å². The third kappa shape index (κ3) is 5.44. The normalized spacial score (nSPS) is 39.7. The van der Waals surface area contributed by atoms with Gasteiger partial charge in [-0.2, -0.15) is 0 Å². The van der Waals surface area contributed by atoms with Crippen LogP contribution in [0.15, 0.2) is 23.8 Å². The molecule has 1 heteroatoms. The van der Waals surface area contributed by atoms with Crippen LogP contribution >= 0.6 is 0 Å². The maximum absolute atomic E-state index is 10.8. The lowest BCUT2D eigenvalue weighted by atomic mass is 9.44. The van der Waals surface area contributed by atoms with Gasteiger partial charge in [-0.05, 0) is 121 Å². The first-order valence-electron chi connectivity index (χ1n) is 16.2. The van der Waals surface area contributed by atoms with Crippen LogP contribution < -0.4 is 0 Å². The van der Waals surface area contributed by atoms with Gasteiger partial charge in [-0.15, -0.1) is 0 Å². The van der Waals surface area contributed by atoms with E-state index in [0.29, 0.717) is 10.8 Å². The number of rotatable bonds is 11. The zero-order valence-corrected chi connectivity index (χ0v) is 25.0. The van der Waals surface area contributed by atoms with Crippen molar-refractivity contribution in [3.05, 3.63) is 23.8 Å². The summed E-state index contributed by atoms with van der Waals surface area (Å²) in [7, 11) is 0. The molecule has 0 bridgehead atoms. The Morgan fingerprint density at radius 3 is 2.42 bits per heavy atom. The molecule has 4 aliphatic carbocycles. The summed E-state index contributed by atoms with van der Waals surface area (Å²) in [5, 5.41) is 10.8. The molecule has 0 heterocycles. The van der Waals surface area contributed by atoms with Gasteiger partial charge in [0.2, 0.25) is 0 Å². The van der Waals surface area contributed by atoms with E-state index >= 15 is 0 Å². The van der Waals surface area contributed by atoms with E-state index in [4.69, 9.17) is 0 Å². The molecule has 1 nitrogen and oxygen atoms in total. The van der Waals surface area contributed by atoms with Crippen LogP contribution in [-0.4, -0.2) is 11.2 Å². The van der Waals surface area contributed by atoms with E-state index in [1.165, 1.54) is 89.0 Å². The van der Waals surface area contributed by atoms with Crippen molar-refractivity contribution in [3.8, 4) is 0 Å². The molecule has 0 aromatic rings. The molecule has 206 valence electrons. The van der Waals surface area contributed by atoms with Gasteiger partial charge in [-0.25, -0.2) is 0 Å². The lowest BCUT2D eigenvalue weighted by molar-refractivity contribution is -0.101. The van der Waals surface area contributed by atoms with Crippen LogP contribution in [0.3, 0.4) is 0 Å². The molecule has 0 aromatic heterocycles. The molecule has 0 aliphatic heterocycles. The third-order valence-corrected chi connectivity index (χ3v) is 12.4. The van der Waals surface area contributed by atoms with Gasteiger partial charge in [0.15, 0.2) is 0 Å². The summed E-state index contributed by atoms with van der Waals surface area (Å²) in [6.45, 7) is 19.4. The number of fused-ring (bicyclic) bond motifs is 5. The maximum Gasteiger partial charge on any atom is 0.0786 e. The molecule has 3 saturated carbocycles. The first kappa shape index (κ1) is 28.4. The number of aliphatic hydroxyl groups is 1. The average molecular weight is 497 g/mol. The van der Waals surface area contributed by atoms with Gasteiger partial charge in [0, 0.05) is 0 Å². The summed E-state index contributed by atoms with van der Waals surface area (Å²) < 4.78 is 0. The molecule has 9 atom stereocenters. The van der Waals surface area contributed by atoms with E-state index in [-0.39, 0.29) is 6.10 Å².